The van der Waals surface area contributed by atoms with Crippen molar-refractivity contribution in [2.24, 2.45) is 0 Å². The van der Waals surface area contributed by atoms with Gasteiger partial charge in [0.1, 0.15) is 22.8 Å². The third kappa shape index (κ3) is 3.73. The fraction of sp³-hybridized carbons (Fsp3) is 0.381. The van der Waals surface area contributed by atoms with Gasteiger partial charge in [0.25, 0.3) is 5.60 Å². The molecule has 1 saturated heterocycles. The fourth-order valence-electron chi connectivity index (χ4n) is 4.46. The molecule has 14 heteroatoms. The first-order chi connectivity index (χ1) is 16.0. The van der Waals surface area contributed by atoms with Crippen LogP contribution < -0.4 is 0 Å². The first-order valence-electron chi connectivity index (χ1n) is 9.87. The van der Waals surface area contributed by atoms with Crippen LogP contribution in [-0.2, 0) is 29.7 Å². The van der Waals surface area contributed by atoms with Crippen molar-refractivity contribution in [1.29, 1.82) is 0 Å². The van der Waals surface area contributed by atoms with Crippen molar-refractivity contribution in [2.75, 3.05) is 0 Å². The summed E-state index contributed by atoms with van der Waals surface area (Å²) in [6.07, 6.45) is -16.3. The second kappa shape index (κ2) is 7.82. The molecule has 0 bridgehead atoms. The van der Waals surface area contributed by atoms with Crippen LogP contribution in [0.3, 0.4) is 0 Å². The van der Waals surface area contributed by atoms with Crippen molar-refractivity contribution in [3.63, 3.8) is 0 Å². The molecule has 2 aromatic carbocycles. The Kier molecular flexibility index (Phi) is 5.63. The SMILES string of the molecule is O=C1OC2CC(c3ccc(C(O)(C(F)(F)F)C(F)(F)F)cc3)(S(=O)(=O)c3ccc(F)cc3)C[C@H]2O1. The number of hydrogen-bond acceptors (Lipinski definition) is 6. The topological polar surface area (TPSA) is 89.9 Å². The third-order valence-electron chi connectivity index (χ3n) is 6.26. The molecule has 35 heavy (non-hydrogen) atoms. The van der Waals surface area contributed by atoms with E-state index in [2.05, 4.69) is 0 Å². The quantitative estimate of drug-likeness (QED) is 0.357. The highest BCUT2D eigenvalue weighted by molar-refractivity contribution is 7.92. The zero-order valence-corrected chi connectivity index (χ0v) is 18.0. The Morgan fingerprint density at radius 2 is 1.29 bits per heavy atom. The Balaban J connectivity index is 1.84. The molecule has 0 spiro atoms. The predicted octanol–water partition coefficient (Wildman–Crippen LogP) is 4.50. The van der Waals surface area contributed by atoms with Crippen LogP contribution in [0.25, 0.3) is 0 Å². The summed E-state index contributed by atoms with van der Waals surface area (Å²) in [4.78, 5) is 11.0. The first-order valence-corrected chi connectivity index (χ1v) is 11.4. The van der Waals surface area contributed by atoms with Crippen LogP contribution in [0, 0.1) is 5.82 Å². The number of sulfone groups is 1. The number of halogens is 7. The maximum atomic E-state index is 13.7. The Hall–Kier alpha value is -2.87. The minimum Gasteiger partial charge on any atom is -0.427 e. The van der Waals surface area contributed by atoms with E-state index in [9.17, 15) is 49.1 Å². The van der Waals surface area contributed by atoms with Crippen molar-refractivity contribution in [1.82, 2.24) is 0 Å². The highest BCUT2D eigenvalue weighted by Crippen LogP contribution is 2.53. The number of carbonyl (C=O) groups is 1. The van der Waals surface area contributed by atoms with E-state index >= 15 is 0 Å². The third-order valence-corrected chi connectivity index (χ3v) is 8.75. The minimum absolute atomic E-state index is 0.230. The normalized spacial score (nSPS) is 25.2. The first kappa shape index (κ1) is 25.2. The van der Waals surface area contributed by atoms with Crippen molar-refractivity contribution >= 4 is 16.0 Å². The van der Waals surface area contributed by atoms with Gasteiger partial charge in [-0.2, -0.15) is 26.3 Å². The smallest absolute Gasteiger partial charge is 0.427 e. The van der Waals surface area contributed by atoms with Crippen LogP contribution >= 0.6 is 0 Å². The molecule has 1 saturated carbocycles. The Morgan fingerprint density at radius 3 is 1.71 bits per heavy atom. The summed E-state index contributed by atoms with van der Waals surface area (Å²) in [5.74, 6) is -0.749. The molecule has 1 N–H and O–H groups in total. The summed E-state index contributed by atoms with van der Waals surface area (Å²) >= 11 is 0. The summed E-state index contributed by atoms with van der Waals surface area (Å²) in [6, 6.07) is 5.75. The number of benzene rings is 2. The summed E-state index contributed by atoms with van der Waals surface area (Å²) < 4.78 is 128. The van der Waals surface area contributed by atoms with Gasteiger partial charge < -0.3 is 14.6 Å². The second-order valence-electron chi connectivity index (χ2n) is 8.21. The molecule has 6 nitrogen and oxygen atoms in total. The number of ether oxygens (including phenoxy) is 2. The van der Waals surface area contributed by atoms with Crippen LogP contribution in [0.15, 0.2) is 53.4 Å². The van der Waals surface area contributed by atoms with Gasteiger partial charge in [-0.3, -0.25) is 0 Å². The number of aliphatic hydroxyl groups is 1. The van der Waals surface area contributed by atoms with Crippen molar-refractivity contribution in [2.45, 2.75) is 52.6 Å². The second-order valence-corrected chi connectivity index (χ2v) is 10.5. The van der Waals surface area contributed by atoms with E-state index in [1.165, 1.54) is 0 Å². The Labute approximate surface area is 193 Å². The number of rotatable bonds is 4. The fourth-order valence-corrected chi connectivity index (χ4v) is 6.62. The molecule has 2 unspecified atom stereocenters. The molecule has 3 atom stereocenters. The lowest BCUT2D eigenvalue weighted by atomic mass is 9.88. The van der Waals surface area contributed by atoms with Gasteiger partial charge in [-0.15, -0.1) is 0 Å². The molecular formula is C21H15F7O6S. The van der Waals surface area contributed by atoms with Crippen LogP contribution in [0.1, 0.15) is 24.0 Å². The molecule has 1 aliphatic carbocycles. The van der Waals surface area contributed by atoms with E-state index in [0.717, 1.165) is 36.4 Å². The molecule has 1 aliphatic heterocycles. The molecule has 4 rings (SSSR count). The highest BCUT2D eigenvalue weighted by Gasteiger charge is 2.71. The lowest BCUT2D eigenvalue weighted by Gasteiger charge is -2.34. The summed E-state index contributed by atoms with van der Waals surface area (Å²) in [7, 11) is -4.48. The Bertz CT molecular complexity index is 1210. The van der Waals surface area contributed by atoms with Crippen LogP contribution in [0.5, 0.6) is 0 Å². The van der Waals surface area contributed by atoms with Crippen molar-refractivity contribution in [3.8, 4) is 0 Å². The maximum Gasteiger partial charge on any atom is 0.509 e. The van der Waals surface area contributed by atoms with Gasteiger partial charge in [0, 0.05) is 18.4 Å². The molecule has 0 radical (unpaired) electrons. The van der Waals surface area contributed by atoms with E-state index < -0.39 is 75.1 Å². The largest absolute Gasteiger partial charge is 0.509 e. The summed E-state index contributed by atoms with van der Waals surface area (Å²) in [6.45, 7) is 0. The number of carbonyl (C=O) groups excluding carboxylic acids is 1. The van der Waals surface area contributed by atoms with Crippen LogP contribution in [0.4, 0.5) is 35.5 Å². The van der Waals surface area contributed by atoms with E-state index in [4.69, 9.17) is 9.47 Å². The average Bonchev–Trinajstić information content (AvgIpc) is 3.27. The number of fused-ring (bicyclic) bond motifs is 1. The molecule has 190 valence electrons. The van der Waals surface area contributed by atoms with E-state index in [0.29, 0.717) is 12.1 Å². The van der Waals surface area contributed by atoms with Crippen LogP contribution in [-0.4, -0.2) is 44.2 Å². The van der Waals surface area contributed by atoms with Gasteiger partial charge in [0.05, 0.1) is 4.90 Å². The molecule has 2 fully saturated rings. The zero-order valence-electron chi connectivity index (χ0n) is 17.2. The van der Waals surface area contributed by atoms with E-state index in [1.807, 2.05) is 0 Å². The molecule has 1 heterocycles. The van der Waals surface area contributed by atoms with Crippen molar-refractivity contribution in [3.05, 3.63) is 65.5 Å². The van der Waals surface area contributed by atoms with Crippen molar-refractivity contribution < 1.29 is 58.5 Å². The molecule has 0 aromatic heterocycles. The van der Waals surface area contributed by atoms with Gasteiger partial charge in [-0.1, -0.05) is 24.3 Å². The average molecular weight is 528 g/mol. The lowest BCUT2D eigenvalue weighted by Crippen LogP contribution is -2.53. The molecule has 0 amide bonds. The minimum atomic E-state index is -6.13. The molecule has 2 aliphatic rings. The number of alkyl halides is 6. The predicted molar refractivity (Wildman–Crippen MR) is 102 cm³/mol. The zero-order chi connectivity index (χ0) is 26.0. The highest BCUT2D eigenvalue weighted by atomic mass is 32.2. The standard InChI is InChI=1S/C21H15F7O6S/c22-13-5-7-14(8-6-13)35(31,32)18(9-15-16(10-18)34-17(29)33-15)11-1-3-12(4-2-11)19(30,20(23,24)25)21(26,27)28/h1-8,15-16,30H,9-10H2/t15-,16?,18?/m1/s1. The Morgan fingerprint density at radius 1 is 0.829 bits per heavy atom. The maximum absolute atomic E-state index is 13.7. The van der Waals surface area contributed by atoms with Crippen LogP contribution in [0.2, 0.25) is 0 Å². The van der Waals surface area contributed by atoms with E-state index in [-0.39, 0.29) is 10.5 Å². The van der Waals surface area contributed by atoms with Gasteiger partial charge in [0.2, 0.25) is 0 Å². The summed E-state index contributed by atoms with van der Waals surface area (Å²) in [5.41, 5.74) is -7.01. The lowest BCUT2D eigenvalue weighted by molar-refractivity contribution is -0.376. The van der Waals surface area contributed by atoms with E-state index in [1.54, 1.807) is 0 Å². The molecular weight excluding hydrogens is 513 g/mol. The molecule has 2 aromatic rings. The van der Waals surface area contributed by atoms with Gasteiger partial charge >= 0.3 is 18.5 Å². The van der Waals surface area contributed by atoms with Gasteiger partial charge in [0.15, 0.2) is 9.84 Å². The summed E-state index contributed by atoms with van der Waals surface area (Å²) in [5, 5.41) is 9.62. The van der Waals surface area contributed by atoms with Gasteiger partial charge in [-0.25, -0.2) is 17.6 Å². The monoisotopic (exact) mass is 528 g/mol. The van der Waals surface area contributed by atoms with Gasteiger partial charge in [-0.05, 0) is 29.8 Å². The number of hydrogen-bond donors (Lipinski definition) is 1.